The lowest BCUT2D eigenvalue weighted by molar-refractivity contribution is -0.130. The number of carbonyl (C=O) groups excluding carboxylic acids is 1. The highest BCUT2D eigenvalue weighted by Gasteiger charge is 2.35. The van der Waals surface area contributed by atoms with Gasteiger partial charge in [0.05, 0.1) is 6.42 Å². The van der Waals surface area contributed by atoms with Crippen LogP contribution in [0.5, 0.6) is 0 Å². The average Bonchev–Trinajstić information content (AvgIpc) is 2.49. The lowest BCUT2D eigenvalue weighted by Crippen LogP contribution is -2.51. The molecule has 21 heavy (non-hydrogen) atoms. The Balaban J connectivity index is 2.18. The van der Waals surface area contributed by atoms with Crippen LogP contribution in [0.1, 0.15) is 12.5 Å². The molecule has 0 radical (unpaired) electrons. The molecule has 0 aromatic heterocycles. The molecule has 1 heterocycles. The topological polar surface area (TPSA) is 80.5 Å². The molecule has 0 saturated carbocycles. The van der Waals surface area contributed by atoms with E-state index in [1.807, 2.05) is 12.1 Å². The summed E-state index contributed by atoms with van der Waals surface area (Å²) in [7, 11) is -3.26. The number of para-hydroxylation sites is 1. The van der Waals surface area contributed by atoms with Crippen molar-refractivity contribution in [1.29, 1.82) is 0 Å². The molecule has 1 aliphatic heterocycles. The fraction of sp³-hybridized carbons (Fsp3) is 0.500. The maximum atomic E-state index is 12.5. The van der Waals surface area contributed by atoms with Crippen molar-refractivity contribution in [3.8, 4) is 0 Å². The van der Waals surface area contributed by atoms with Crippen LogP contribution in [0.25, 0.3) is 0 Å². The highest BCUT2D eigenvalue weighted by molar-refractivity contribution is 8.01. The number of rotatable bonds is 4. The van der Waals surface area contributed by atoms with E-state index in [0.717, 1.165) is 11.3 Å². The lowest BCUT2D eigenvalue weighted by Gasteiger charge is -2.34. The Bertz CT molecular complexity index is 616. The number of amides is 1. The van der Waals surface area contributed by atoms with E-state index in [1.165, 1.54) is 4.90 Å². The van der Waals surface area contributed by atoms with Crippen molar-refractivity contribution >= 4 is 33.2 Å². The van der Waals surface area contributed by atoms with Gasteiger partial charge in [0.1, 0.15) is 5.37 Å². The van der Waals surface area contributed by atoms with Crippen LogP contribution in [-0.4, -0.2) is 48.4 Å². The molecule has 1 aliphatic rings. The van der Waals surface area contributed by atoms with E-state index in [0.29, 0.717) is 18.0 Å². The van der Waals surface area contributed by atoms with Crippen molar-refractivity contribution in [3.05, 3.63) is 29.8 Å². The Morgan fingerprint density at radius 3 is 2.81 bits per heavy atom. The molecule has 1 fully saturated rings. The summed E-state index contributed by atoms with van der Waals surface area (Å²) in [4.78, 5) is 14.0. The standard InChI is InChI=1S/C14H20N2O3S2/c1-2-21(18,19)14-10-20-8-7-16(14)13(17)9-11-5-3-4-6-12(11)15/h3-6,14H,2,7-10,15H2,1H3. The fourth-order valence-corrected chi connectivity index (χ4v) is 5.30. The van der Waals surface area contributed by atoms with E-state index in [-0.39, 0.29) is 18.1 Å². The van der Waals surface area contributed by atoms with E-state index < -0.39 is 15.2 Å². The Morgan fingerprint density at radius 1 is 1.43 bits per heavy atom. The van der Waals surface area contributed by atoms with Gasteiger partial charge in [0.2, 0.25) is 5.91 Å². The zero-order chi connectivity index (χ0) is 15.5. The van der Waals surface area contributed by atoms with Crippen molar-refractivity contribution in [3.63, 3.8) is 0 Å². The van der Waals surface area contributed by atoms with E-state index in [1.54, 1.807) is 30.8 Å². The van der Waals surface area contributed by atoms with E-state index in [2.05, 4.69) is 0 Å². The lowest BCUT2D eigenvalue weighted by atomic mass is 10.1. The van der Waals surface area contributed by atoms with Crippen LogP contribution >= 0.6 is 11.8 Å². The van der Waals surface area contributed by atoms with Crippen molar-refractivity contribution in [2.24, 2.45) is 0 Å². The van der Waals surface area contributed by atoms with Crippen molar-refractivity contribution in [1.82, 2.24) is 4.90 Å². The van der Waals surface area contributed by atoms with Crippen molar-refractivity contribution in [2.45, 2.75) is 18.7 Å². The second kappa shape index (κ2) is 6.70. The highest BCUT2D eigenvalue weighted by Crippen LogP contribution is 2.23. The predicted molar refractivity (Wildman–Crippen MR) is 86.8 cm³/mol. The monoisotopic (exact) mass is 328 g/mol. The third-order valence-electron chi connectivity index (χ3n) is 3.62. The first-order valence-electron chi connectivity index (χ1n) is 6.88. The van der Waals surface area contributed by atoms with Crippen molar-refractivity contribution < 1.29 is 13.2 Å². The summed E-state index contributed by atoms with van der Waals surface area (Å²) in [6.45, 7) is 2.09. The quantitative estimate of drug-likeness (QED) is 0.839. The molecule has 116 valence electrons. The van der Waals surface area contributed by atoms with Crippen LogP contribution in [0.4, 0.5) is 5.69 Å². The number of thioether (sulfide) groups is 1. The van der Waals surface area contributed by atoms with Crippen LogP contribution in [0, 0.1) is 0 Å². The van der Waals surface area contributed by atoms with Gasteiger partial charge in [0.25, 0.3) is 0 Å². The van der Waals surface area contributed by atoms with Gasteiger partial charge in [-0.1, -0.05) is 25.1 Å². The Kier molecular flexibility index (Phi) is 5.16. The summed E-state index contributed by atoms with van der Waals surface area (Å²) in [6, 6.07) is 7.18. The SMILES string of the molecule is CCS(=O)(=O)C1CSCCN1C(=O)Cc1ccccc1N. The molecule has 0 bridgehead atoms. The number of hydrogen-bond acceptors (Lipinski definition) is 5. The van der Waals surface area contributed by atoms with Gasteiger partial charge >= 0.3 is 0 Å². The molecule has 2 rings (SSSR count). The van der Waals surface area contributed by atoms with Gasteiger partial charge in [-0.2, -0.15) is 11.8 Å². The first-order valence-corrected chi connectivity index (χ1v) is 9.75. The fourth-order valence-electron chi connectivity index (χ4n) is 2.32. The number of nitrogens with zero attached hydrogens (tertiary/aromatic N) is 1. The van der Waals surface area contributed by atoms with Crippen LogP contribution < -0.4 is 5.73 Å². The number of nitrogen functional groups attached to an aromatic ring is 1. The third-order valence-corrected chi connectivity index (χ3v) is 6.91. The molecule has 1 aromatic rings. The van der Waals surface area contributed by atoms with E-state index in [9.17, 15) is 13.2 Å². The number of sulfone groups is 1. The minimum Gasteiger partial charge on any atom is -0.398 e. The zero-order valence-corrected chi connectivity index (χ0v) is 13.6. The average molecular weight is 328 g/mol. The van der Waals surface area contributed by atoms with Crippen molar-refractivity contribution in [2.75, 3.05) is 29.5 Å². The first kappa shape index (κ1) is 16.2. The third kappa shape index (κ3) is 3.71. The predicted octanol–water partition coefficient (Wildman–Crippen LogP) is 1.15. The second-order valence-corrected chi connectivity index (χ2v) is 8.54. The summed E-state index contributed by atoms with van der Waals surface area (Å²) in [5.41, 5.74) is 7.16. The normalized spacial score (nSPS) is 19.5. The number of benzene rings is 1. The molecule has 7 heteroatoms. The molecule has 2 N–H and O–H groups in total. The number of hydrogen-bond donors (Lipinski definition) is 1. The van der Waals surface area contributed by atoms with Crippen LogP contribution in [0.2, 0.25) is 0 Å². The summed E-state index contributed by atoms with van der Waals surface area (Å²) >= 11 is 1.58. The van der Waals surface area contributed by atoms with Gasteiger partial charge in [-0.25, -0.2) is 8.42 Å². The van der Waals surface area contributed by atoms with Gasteiger partial charge in [0, 0.05) is 29.5 Å². The number of carbonyl (C=O) groups is 1. The van der Waals surface area contributed by atoms with Crippen LogP contribution in [0.15, 0.2) is 24.3 Å². The highest BCUT2D eigenvalue weighted by atomic mass is 32.2. The Morgan fingerprint density at radius 2 is 2.14 bits per heavy atom. The zero-order valence-electron chi connectivity index (χ0n) is 12.0. The largest absolute Gasteiger partial charge is 0.398 e. The van der Waals surface area contributed by atoms with Crippen LogP contribution in [0.3, 0.4) is 0 Å². The van der Waals surface area contributed by atoms with Gasteiger partial charge < -0.3 is 10.6 Å². The second-order valence-electron chi connectivity index (χ2n) is 4.94. The molecule has 0 aliphatic carbocycles. The van der Waals surface area contributed by atoms with Gasteiger partial charge in [-0.15, -0.1) is 0 Å². The maximum Gasteiger partial charge on any atom is 0.228 e. The van der Waals surface area contributed by atoms with E-state index in [4.69, 9.17) is 5.73 Å². The number of nitrogens with two attached hydrogens (primary N) is 1. The minimum atomic E-state index is -3.26. The molecular formula is C14H20N2O3S2. The molecule has 5 nitrogen and oxygen atoms in total. The van der Waals surface area contributed by atoms with E-state index >= 15 is 0 Å². The number of anilines is 1. The Labute approximate surface area is 129 Å². The van der Waals surface area contributed by atoms with Gasteiger partial charge in [-0.05, 0) is 11.6 Å². The Hall–Kier alpha value is -1.21. The molecule has 1 aromatic carbocycles. The molecule has 1 atom stereocenters. The molecular weight excluding hydrogens is 308 g/mol. The first-order chi connectivity index (χ1) is 9.95. The van der Waals surface area contributed by atoms with Gasteiger partial charge in [-0.3, -0.25) is 4.79 Å². The van der Waals surface area contributed by atoms with Gasteiger partial charge in [0.15, 0.2) is 9.84 Å². The maximum absolute atomic E-state index is 12.5. The van der Waals surface area contributed by atoms with Crippen LogP contribution in [-0.2, 0) is 21.1 Å². The molecule has 1 unspecified atom stereocenters. The summed E-state index contributed by atoms with van der Waals surface area (Å²) in [5.74, 6) is 1.10. The smallest absolute Gasteiger partial charge is 0.228 e. The summed E-state index contributed by atoms with van der Waals surface area (Å²) in [6.07, 6.45) is 0.146. The minimum absolute atomic E-state index is 0.0511. The summed E-state index contributed by atoms with van der Waals surface area (Å²) < 4.78 is 24.3. The summed E-state index contributed by atoms with van der Waals surface area (Å²) in [5, 5.41) is -0.710. The molecule has 0 spiro atoms. The molecule has 1 saturated heterocycles. The molecule has 1 amide bonds.